The molecule has 19 heavy (non-hydrogen) atoms. The number of amides is 2. The number of ketones is 1. The highest BCUT2D eigenvalue weighted by Crippen LogP contribution is 2.26. The van der Waals surface area contributed by atoms with Gasteiger partial charge in [0, 0.05) is 0 Å². The number of Topliss-reactive ketones (excluding diaryl/α,β-unsaturated/α-hetero) is 1. The standard InChI is InChI=1S/C13H11NO4S/c1-8(15)7-18-10-4-2-3-9(5-10)6-11-12(16)14-13(17)19-11/h2-6H,7H2,1H3,(H,14,16,17)/b11-6-. The predicted molar refractivity (Wildman–Crippen MR) is 71.7 cm³/mol. The van der Waals surface area contributed by atoms with Crippen molar-refractivity contribution in [2.24, 2.45) is 0 Å². The van der Waals surface area contributed by atoms with Crippen molar-refractivity contribution in [2.45, 2.75) is 6.92 Å². The summed E-state index contributed by atoms with van der Waals surface area (Å²) in [5.74, 6) is 0.0735. The van der Waals surface area contributed by atoms with Crippen LogP contribution in [0, 0.1) is 0 Å². The van der Waals surface area contributed by atoms with E-state index >= 15 is 0 Å². The lowest BCUT2D eigenvalue weighted by Crippen LogP contribution is -2.17. The van der Waals surface area contributed by atoms with E-state index in [4.69, 9.17) is 4.74 Å². The van der Waals surface area contributed by atoms with Crippen LogP contribution in [0.1, 0.15) is 12.5 Å². The van der Waals surface area contributed by atoms with E-state index in [0.717, 1.165) is 17.3 Å². The highest BCUT2D eigenvalue weighted by Gasteiger charge is 2.24. The van der Waals surface area contributed by atoms with Crippen molar-refractivity contribution in [1.82, 2.24) is 5.32 Å². The Morgan fingerprint density at radius 3 is 2.84 bits per heavy atom. The molecule has 0 saturated carbocycles. The summed E-state index contributed by atoms with van der Waals surface area (Å²) in [4.78, 5) is 33.6. The fraction of sp³-hybridized carbons (Fsp3) is 0.154. The van der Waals surface area contributed by atoms with Crippen molar-refractivity contribution in [3.63, 3.8) is 0 Å². The second-order valence-corrected chi connectivity index (χ2v) is 4.93. The van der Waals surface area contributed by atoms with Gasteiger partial charge < -0.3 is 4.74 Å². The maximum absolute atomic E-state index is 11.4. The Morgan fingerprint density at radius 1 is 1.42 bits per heavy atom. The lowest BCUT2D eigenvalue weighted by atomic mass is 10.2. The number of thioether (sulfide) groups is 1. The quantitative estimate of drug-likeness (QED) is 0.852. The predicted octanol–water partition coefficient (Wildman–Crippen LogP) is 1.98. The molecule has 1 aromatic carbocycles. The first-order valence-corrected chi connectivity index (χ1v) is 6.33. The molecule has 0 unspecified atom stereocenters. The summed E-state index contributed by atoms with van der Waals surface area (Å²) >= 11 is 0.859. The summed E-state index contributed by atoms with van der Waals surface area (Å²) < 4.78 is 5.27. The number of carbonyl (C=O) groups excluding carboxylic acids is 3. The molecule has 1 heterocycles. The van der Waals surface area contributed by atoms with Crippen LogP contribution in [-0.2, 0) is 9.59 Å². The van der Waals surface area contributed by atoms with Gasteiger partial charge in [0.2, 0.25) is 0 Å². The minimum absolute atomic E-state index is 0.00769. The smallest absolute Gasteiger partial charge is 0.290 e. The van der Waals surface area contributed by atoms with Crippen LogP contribution < -0.4 is 10.1 Å². The molecule has 0 radical (unpaired) electrons. The number of imide groups is 1. The maximum Gasteiger partial charge on any atom is 0.290 e. The molecule has 0 spiro atoms. The minimum atomic E-state index is -0.398. The van der Waals surface area contributed by atoms with Gasteiger partial charge in [-0.15, -0.1) is 0 Å². The van der Waals surface area contributed by atoms with Gasteiger partial charge in [-0.3, -0.25) is 19.7 Å². The Hall–Kier alpha value is -2.08. The van der Waals surface area contributed by atoms with E-state index in [2.05, 4.69) is 5.32 Å². The van der Waals surface area contributed by atoms with E-state index in [9.17, 15) is 14.4 Å². The van der Waals surface area contributed by atoms with Gasteiger partial charge in [-0.1, -0.05) is 12.1 Å². The van der Waals surface area contributed by atoms with E-state index in [0.29, 0.717) is 10.7 Å². The van der Waals surface area contributed by atoms with Gasteiger partial charge in [-0.25, -0.2) is 0 Å². The van der Waals surface area contributed by atoms with E-state index in [1.165, 1.54) is 6.92 Å². The van der Waals surface area contributed by atoms with Gasteiger partial charge in [-0.2, -0.15) is 0 Å². The number of hydrogen-bond donors (Lipinski definition) is 1. The zero-order chi connectivity index (χ0) is 13.8. The van der Waals surface area contributed by atoms with Crippen molar-refractivity contribution in [2.75, 3.05) is 6.61 Å². The van der Waals surface area contributed by atoms with Gasteiger partial charge in [0.25, 0.3) is 11.1 Å². The fourth-order valence-electron chi connectivity index (χ4n) is 1.45. The van der Waals surface area contributed by atoms with Crippen molar-refractivity contribution >= 4 is 34.8 Å². The third kappa shape index (κ3) is 3.69. The lowest BCUT2D eigenvalue weighted by molar-refractivity contribution is -0.119. The number of hydrogen-bond acceptors (Lipinski definition) is 5. The summed E-state index contributed by atoms with van der Waals surface area (Å²) in [6.45, 7) is 1.45. The Labute approximate surface area is 114 Å². The molecule has 0 aromatic heterocycles. The Balaban J connectivity index is 2.15. The van der Waals surface area contributed by atoms with Gasteiger partial charge in [0.15, 0.2) is 5.78 Å². The van der Waals surface area contributed by atoms with E-state index < -0.39 is 5.91 Å². The van der Waals surface area contributed by atoms with Gasteiger partial charge in [0.05, 0.1) is 4.91 Å². The third-order valence-corrected chi connectivity index (χ3v) is 3.05. The second kappa shape index (κ2) is 5.71. The molecule has 6 heteroatoms. The topological polar surface area (TPSA) is 72.5 Å². The first kappa shape index (κ1) is 13.4. The molecule has 0 aliphatic carbocycles. The molecular weight excluding hydrogens is 266 g/mol. The minimum Gasteiger partial charge on any atom is -0.486 e. The average molecular weight is 277 g/mol. The number of rotatable bonds is 4. The second-order valence-electron chi connectivity index (χ2n) is 3.92. The van der Waals surface area contributed by atoms with E-state index in [1.54, 1.807) is 30.3 Å². The molecule has 2 rings (SSSR count). The Kier molecular flexibility index (Phi) is 4.01. The molecule has 1 fully saturated rings. The zero-order valence-electron chi connectivity index (χ0n) is 10.1. The molecule has 1 saturated heterocycles. The normalized spacial score (nSPS) is 16.6. The lowest BCUT2D eigenvalue weighted by Gasteiger charge is -2.04. The monoisotopic (exact) mass is 277 g/mol. The molecule has 0 atom stereocenters. The first-order chi connectivity index (χ1) is 9.04. The van der Waals surface area contributed by atoms with Gasteiger partial charge in [-0.05, 0) is 42.5 Å². The highest BCUT2D eigenvalue weighted by atomic mass is 32.2. The summed E-state index contributed by atoms with van der Waals surface area (Å²) in [5, 5.41) is 1.81. The largest absolute Gasteiger partial charge is 0.486 e. The summed E-state index contributed by atoms with van der Waals surface area (Å²) in [6.07, 6.45) is 1.60. The summed E-state index contributed by atoms with van der Waals surface area (Å²) in [6, 6.07) is 6.95. The molecular formula is C13H11NO4S. The average Bonchev–Trinajstić information content (AvgIpc) is 2.66. The molecule has 0 bridgehead atoms. The summed E-state index contributed by atoms with van der Waals surface area (Å²) in [5.41, 5.74) is 0.730. The molecule has 1 aliphatic rings. The fourth-order valence-corrected chi connectivity index (χ4v) is 2.13. The van der Waals surface area contributed by atoms with Gasteiger partial charge in [0.1, 0.15) is 12.4 Å². The molecule has 1 aromatic rings. The van der Waals surface area contributed by atoms with Crippen LogP contribution in [-0.4, -0.2) is 23.5 Å². The molecule has 5 nitrogen and oxygen atoms in total. The van der Waals surface area contributed by atoms with Crippen LogP contribution in [0.5, 0.6) is 5.75 Å². The Bertz CT molecular complexity index is 580. The number of carbonyl (C=O) groups is 3. The molecule has 1 aliphatic heterocycles. The van der Waals surface area contributed by atoms with Crippen LogP contribution in [0.4, 0.5) is 4.79 Å². The zero-order valence-corrected chi connectivity index (χ0v) is 11.0. The van der Waals surface area contributed by atoms with Crippen LogP contribution in [0.25, 0.3) is 6.08 Å². The van der Waals surface area contributed by atoms with Crippen molar-refractivity contribution in [1.29, 1.82) is 0 Å². The molecule has 1 N–H and O–H groups in total. The SMILES string of the molecule is CC(=O)COc1cccc(/C=C2\SC(=O)NC2=O)c1. The summed E-state index contributed by atoms with van der Waals surface area (Å²) in [7, 11) is 0. The first-order valence-electron chi connectivity index (χ1n) is 5.52. The van der Waals surface area contributed by atoms with Crippen LogP contribution >= 0.6 is 11.8 Å². The molecule has 2 amide bonds. The van der Waals surface area contributed by atoms with E-state index in [1.807, 2.05) is 0 Å². The van der Waals surface area contributed by atoms with Crippen LogP contribution in [0.15, 0.2) is 29.2 Å². The van der Waals surface area contributed by atoms with Crippen LogP contribution in [0.3, 0.4) is 0 Å². The number of benzene rings is 1. The van der Waals surface area contributed by atoms with Gasteiger partial charge >= 0.3 is 0 Å². The van der Waals surface area contributed by atoms with Crippen LogP contribution in [0.2, 0.25) is 0 Å². The molecule has 98 valence electrons. The van der Waals surface area contributed by atoms with Crippen molar-refractivity contribution < 1.29 is 19.1 Å². The number of ether oxygens (including phenoxy) is 1. The van der Waals surface area contributed by atoms with Crippen molar-refractivity contribution in [3.05, 3.63) is 34.7 Å². The Morgan fingerprint density at radius 2 is 2.21 bits per heavy atom. The number of nitrogens with one attached hydrogen (secondary N) is 1. The van der Waals surface area contributed by atoms with E-state index in [-0.39, 0.29) is 17.6 Å². The highest BCUT2D eigenvalue weighted by molar-refractivity contribution is 8.18. The maximum atomic E-state index is 11.4. The van der Waals surface area contributed by atoms with Crippen molar-refractivity contribution in [3.8, 4) is 5.75 Å². The third-order valence-electron chi connectivity index (χ3n) is 2.24.